The topological polar surface area (TPSA) is 66.6 Å². The monoisotopic (exact) mass is 278 g/mol. The van der Waals surface area contributed by atoms with Crippen LogP contribution in [0.15, 0.2) is 24.3 Å². The van der Waals surface area contributed by atoms with Gasteiger partial charge in [0, 0.05) is 13.1 Å². The highest BCUT2D eigenvalue weighted by atomic mass is 16.3. The molecule has 112 valence electrons. The number of carbonyl (C=O) groups is 1. The van der Waals surface area contributed by atoms with Crippen LogP contribution in [0.4, 0.5) is 0 Å². The Kier molecular flexibility index (Phi) is 5.57. The van der Waals surface area contributed by atoms with E-state index in [1.807, 2.05) is 38.7 Å². The number of aromatic hydroxyl groups is 1. The summed E-state index contributed by atoms with van der Waals surface area (Å²) in [5, 5.41) is 9.58. The van der Waals surface area contributed by atoms with Crippen molar-refractivity contribution in [3.05, 3.63) is 29.8 Å². The quantitative estimate of drug-likeness (QED) is 0.840. The van der Waals surface area contributed by atoms with Gasteiger partial charge in [-0.3, -0.25) is 4.79 Å². The lowest BCUT2D eigenvalue weighted by Gasteiger charge is -2.36. The van der Waals surface area contributed by atoms with Crippen molar-refractivity contribution in [3.63, 3.8) is 0 Å². The average molecular weight is 278 g/mol. The van der Waals surface area contributed by atoms with Crippen LogP contribution in [0.2, 0.25) is 0 Å². The molecule has 2 unspecified atom stereocenters. The van der Waals surface area contributed by atoms with Crippen molar-refractivity contribution in [2.75, 3.05) is 13.1 Å². The molecule has 20 heavy (non-hydrogen) atoms. The van der Waals surface area contributed by atoms with Crippen LogP contribution in [0.25, 0.3) is 0 Å². The molecule has 0 heterocycles. The highest BCUT2D eigenvalue weighted by Gasteiger charge is 2.35. The van der Waals surface area contributed by atoms with E-state index < -0.39 is 5.41 Å². The molecule has 4 nitrogen and oxygen atoms in total. The van der Waals surface area contributed by atoms with Crippen molar-refractivity contribution in [3.8, 4) is 5.75 Å². The molecule has 0 spiro atoms. The average Bonchev–Trinajstić information content (AvgIpc) is 2.46. The lowest BCUT2D eigenvalue weighted by molar-refractivity contribution is -0.143. The summed E-state index contributed by atoms with van der Waals surface area (Å²) in [7, 11) is 0. The minimum absolute atomic E-state index is 0.0702. The van der Waals surface area contributed by atoms with Gasteiger partial charge in [0.1, 0.15) is 5.75 Å². The number of nitrogens with two attached hydrogens (primary N) is 1. The van der Waals surface area contributed by atoms with E-state index in [0.717, 1.165) is 5.56 Å². The Morgan fingerprint density at radius 1 is 1.45 bits per heavy atom. The third-order valence-corrected chi connectivity index (χ3v) is 4.17. The summed E-state index contributed by atoms with van der Waals surface area (Å²) >= 11 is 0. The number of nitrogens with zero attached hydrogens (tertiary/aromatic N) is 1. The van der Waals surface area contributed by atoms with Crippen LogP contribution in [-0.4, -0.2) is 29.0 Å². The number of phenols is 1. The van der Waals surface area contributed by atoms with Crippen LogP contribution in [0.3, 0.4) is 0 Å². The summed E-state index contributed by atoms with van der Waals surface area (Å²) in [6.07, 6.45) is 0.714. The molecule has 0 saturated carbocycles. The van der Waals surface area contributed by atoms with Gasteiger partial charge in [-0.1, -0.05) is 19.1 Å². The van der Waals surface area contributed by atoms with Gasteiger partial charge in [0.2, 0.25) is 5.91 Å². The minimum atomic E-state index is -0.527. The second kappa shape index (κ2) is 6.75. The van der Waals surface area contributed by atoms with Crippen molar-refractivity contribution < 1.29 is 9.90 Å². The minimum Gasteiger partial charge on any atom is -0.508 e. The molecule has 0 bridgehead atoms. The maximum absolute atomic E-state index is 12.7. The van der Waals surface area contributed by atoms with Crippen LogP contribution in [0.1, 0.15) is 45.7 Å². The molecule has 4 heteroatoms. The Hall–Kier alpha value is -1.55. The molecule has 3 N–H and O–H groups in total. The van der Waals surface area contributed by atoms with Crippen molar-refractivity contribution in [2.24, 2.45) is 11.1 Å². The largest absolute Gasteiger partial charge is 0.508 e. The van der Waals surface area contributed by atoms with Gasteiger partial charge in [-0.05, 0) is 44.9 Å². The molecule has 2 atom stereocenters. The van der Waals surface area contributed by atoms with Crippen molar-refractivity contribution in [1.82, 2.24) is 4.90 Å². The van der Waals surface area contributed by atoms with Crippen LogP contribution in [0.5, 0.6) is 5.75 Å². The fourth-order valence-electron chi connectivity index (χ4n) is 2.29. The molecular weight excluding hydrogens is 252 g/mol. The molecule has 1 aromatic rings. The Balaban J connectivity index is 3.04. The first-order chi connectivity index (χ1) is 9.39. The maximum Gasteiger partial charge on any atom is 0.230 e. The van der Waals surface area contributed by atoms with Gasteiger partial charge in [0.15, 0.2) is 0 Å². The summed E-state index contributed by atoms with van der Waals surface area (Å²) < 4.78 is 0. The summed E-state index contributed by atoms with van der Waals surface area (Å²) in [6.45, 7) is 8.79. The van der Waals surface area contributed by atoms with E-state index in [9.17, 15) is 9.90 Å². The first-order valence-electron chi connectivity index (χ1n) is 7.19. The van der Waals surface area contributed by atoms with E-state index in [1.165, 1.54) is 0 Å². The Bertz CT molecular complexity index is 456. The predicted molar refractivity (Wildman–Crippen MR) is 81.4 cm³/mol. The van der Waals surface area contributed by atoms with Gasteiger partial charge in [0.25, 0.3) is 0 Å². The van der Waals surface area contributed by atoms with Crippen LogP contribution in [0, 0.1) is 5.41 Å². The molecule has 0 aliphatic carbocycles. The fraction of sp³-hybridized carbons (Fsp3) is 0.562. The first-order valence-corrected chi connectivity index (χ1v) is 7.19. The Labute approximate surface area is 121 Å². The first kappa shape index (κ1) is 16.5. The standard InChI is InChI=1S/C16H26N2O2/c1-5-16(4,11-17)15(20)18(6-2)12(3)13-8-7-9-14(19)10-13/h7-10,12,19H,5-6,11,17H2,1-4H3. The number of hydrogen-bond donors (Lipinski definition) is 2. The molecular formula is C16H26N2O2. The van der Waals surface area contributed by atoms with E-state index in [4.69, 9.17) is 5.73 Å². The smallest absolute Gasteiger partial charge is 0.230 e. The van der Waals surface area contributed by atoms with Gasteiger partial charge in [-0.25, -0.2) is 0 Å². The molecule has 0 saturated heterocycles. The van der Waals surface area contributed by atoms with Crippen molar-refractivity contribution in [2.45, 2.75) is 40.2 Å². The second-order valence-electron chi connectivity index (χ2n) is 5.48. The van der Waals surface area contributed by atoms with E-state index in [0.29, 0.717) is 19.5 Å². The predicted octanol–water partition coefficient (Wildman–Crippen LogP) is 2.68. The third kappa shape index (κ3) is 3.31. The van der Waals surface area contributed by atoms with E-state index >= 15 is 0 Å². The zero-order valence-corrected chi connectivity index (χ0v) is 12.9. The number of benzene rings is 1. The summed E-state index contributed by atoms with van der Waals surface area (Å²) in [4.78, 5) is 14.6. The molecule has 1 rings (SSSR count). The maximum atomic E-state index is 12.7. The van der Waals surface area contributed by atoms with Gasteiger partial charge in [-0.2, -0.15) is 0 Å². The fourth-order valence-corrected chi connectivity index (χ4v) is 2.29. The lowest BCUT2D eigenvalue weighted by atomic mass is 9.85. The van der Waals surface area contributed by atoms with Crippen molar-refractivity contribution in [1.29, 1.82) is 0 Å². The zero-order valence-electron chi connectivity index (χ0n) is 12.9. The molecule has 0 fully saturated rings. The lowest BCUT2D eigenvalue weighted by Crippen LogP contribution is -2.47. The summed E-state index contributed by atoms with van der Waals surface area (Å²) in [6, 6.07) is 6.96. The van der Waals surface area contributed by atoms with E-state index in [1.54, 1.807) is 18.2 Å². The molecule has 0 aliphatic rings. The summed E-state index contributed by atoms with van der Waals surface area (Å²) in [5.74, 6) is 0.288. The van der Waals surface area contributed by atoms with E-state index in [2.05, 4.69) is 0 Å². The number of phenolic OH excluding ortho intramolecular Hbond substituents is 1. The highest BCUT2D eigenvalue weighted by Crippen LogP contribution is 2.29. The number of carbonyl (C=O) groups excluding carboxylic acids is 1. The number of amides is 1. The summed E-state index contributed by atoms with van der Waals surface area (Å²) in [5.41, 5.74) is 6.19. The second-order valence-corrected chi connectivity index (χ2v) is 5.48. The molecule has 1 aromatic carbocycles. The van der Waals surface area contributed by atoms with Gasteiger partial charge in [0.05, 0.1) is 11.5 Å². The molecule has 0 aliphatic heterocycles. The van der Waals surface area contributed by atoms with Gasteiger partial charge >= 0.3 is 0 Å². The highest BCUT2D eigenvalue weighted by molar-refractivity contribution is 5.83. The van der Waals surface area contributed by atoms with Crippen LogP contribution in [-0.2, 0) is 4.79 Å². The van der Waals surface area contributed by atoms with Crippen LogP contribution < -0.4 is 5.73 Å². The van der Waals surface area contributed by atoms with Gasteiger partial charge < -0.3 is 15.7 Å². The zero-order chi connectivity index (χ0) is 15.3. The third-order valence-electron chi connectivity index (χ3n) is 4.17. The van der Waals surface area contributed by atoms with E-state index in [-0.39, 0.29) is 17.7 Å². The van der Waals surface area contributed by atoms with Gasteiger partial charge in [-0.15, -0.1) is 0 Å². The molecule has 0 radical (unpaired) electrons. The molecule has 0 aromatic heterocycles. The van der Waals surface area contributed by atoms with Crippen molar-refractivity contribution >= 4 is 5.91 Å². The SMILES string of the molecule is CCN(C(=O)C(C)(CC)CN)C(C)c1cccc(O)c1. The number of hydrogen-bond acceptors (Lipinski definition) is 3. The molecule has 1 amide bonds. The van der Waals surface area contributed by atoms with Crippen LogP contribution >= 0.6 is 0 Å². The Morgan fingerprint density at radius 2 is 2.10 bits per heavy atom. The Morgan fingerprint density at radius 3 is 2.55 bits per heavy atom. The number of rotatable bonds is 6. The normalized spacial score (nSPS) is 15.4.